The fourth-order valence-corrected chi connectivity index (χ4v) is 2.19. The third-order valence-electron chi connectivity index (χ3n) is 3.10. The maximum absolute atomic E-state index is 9.67. The lowest BCUT2D eigenvalue weighted by Gasteiger charge is -2.39. The van der Waals surface area contributed by atoms with Crippen LogP contribution < -0.4 is 0 Å². The highest BCUT2D eigenvalue weighted by atomic mass is 16.6. The standard InChI is InChI=1S/C11H16O3/c1-6-4-11(13)14-10-3-7(2)9(12)5-8(6)10/h3,8-13H,1,4-5H2,2H3. The van der Waals surface area contributed by atoms with Crippen molar-refractivity contribution in [3.63, 3.8) is 0 Å². The van der Waals surface area contributed by atoms with E-state index in [1.54, 1.807) is 0 Å². The van der Waals surface area contributed by atoms with Gasteiger partial charge in [0.05, 0.1) is 12.2 Å². The molecular formula is C11H16O3. The number of hydrogen-bond acceptors (Lipinski definition) is 3. The number of rotatable bonds is 0. The van der Waals surface area contributed by atoms with Gasteiger partial charge in [0, 0.05) is 12.3 Å². The first kappa shape index (κ1) is 9.90. The first-order valence-corrected chi connectivity index (χ1v) is 4.95. The lowest BCUT2D eigenvalue weighted by molar-refractivity contribution is -0.155. The summed E-state index contributed by atoms with van der Waals surface area (Å²) in [6.45, 7) is 5.81. The fourth-order valence-electron chi connectivity index (χ4n) is 2.19. The Morgan fingerprint density at radius 2 is 2.21 bits per heavy atom. The molecule has 1 heterocycles. The molecule has 0 amide bonds. The fraction of sp³-hybridized carbons (Fsp3) is 0.636. The van der Waals surface area contributed by atoms with Crippen molar-refractivity contribution in [2.45, 2.75) is 38.3 Å². The lowest BCUT2D eigenvalue weighted by Crippen LogP contribution is -2.40. The molecule has 0 bridgehead atoms. The van der Waals surface area contributed by atoms with E-state index in [1.807, 2.05) is 13.0 Å². The summed E-state index contributed by atoms with van der Waals surface area (Å²) < 4.78 is 5.39. The second kappa shape index (κ2) is 3.50. The summed E-state index contributed by atoms with van der Waals surface area (Å²) in [6.07, 6.45) is 1.83. The average Bonchev–Trinajstić information content (AvgIpc) is 2.08. The van der Waals surface area contributed by atoms with Gasteiger partial charge in [0.2, 0.25) is 0 Å². The molecule has 0 saturated carbocycles. The number of ether oxygens (including phenoxy) is 1. The number of fused-ring (bicyclic) bond motifs is 1. The van der Waals surface area contributed by atoms with Crippen LogP contribution >= 0.6 is 0 Å². The van der Waals surface area contributed by atoms with E-state index < -0.39 is 6.29 Å². The van der Waals surface area contributed by atoms with Gasteiger partial charge >= 0.3 is 0 Å². The van der Waals surface area contributed by atoms with Gasteiger partial charge in [-0.3, -0.25) is 0 Å². The zero-order valence-electron chi connectivity index (χ0n) is 8.31. The monoisotopic (exact) mass is 196 g/mol. The molecule has 0 aromatic carbocycles. The van der Waals surface area contributed by atoms with Gasteiger partial charge in [-0.1, -0.05) is 18.2 Å². The SMILES string of the molecule is C=C1CC(O)OC2C=C(C)C(O)CC12. The molecule has 4 atom stereocenters. The average molecular weight is 196 g/mol. The highest BCUT2D eigenvalue weighted by Gasteiger charge is 2.36. The van der Waals surface area contributed by atoms with Crippen molar-refractivity contribution in [3.8, 4) is 0 Å². The van der Waals surface area contributed by atoms with Gasteiger partial charge in [0.1, 0.15) is 0 Å². The van der Waals surface area contributed by atoms with Crippen molar-refractivity contribution in [1.29, 1.82) is 0 Å². The summed E-state index contributed by atoms with van der Waals surface area (Å²) in [5, 5.41) is 19.1. The molecular weight excluding hydrogens is 180 g/mol. The minimum atomic E-state index is -0.733. The van der Waals surface area contributed by atoms with Gasteiger partial charge in [-0.25, -0.2) is 0 Å². The maximum atomic E-state index is 9.67. The van der Waals surface area contributed by atoms with Crippen molar-refractivity contribution in [2.75, 3.05) is 0 Å². The van der Waals surface area contributed by atoms with Gasteiger partial charge in [0.25, 0.3) is 0 Å². The van der Waals surface area contributed by atoms with Crippen molar-refractivity contribution in [2.24, 2.45) is 5.92 Å². The normalized spacial score (nSPS) is 43.1. The highest BCUT2D eigenvalue weighted by Crippen LogP contribution is 2.37. The van der Waals surface area contributed by atoms with Gasteiger partial charge in [-0.05, 0) is 18.9 Å². The Bertz CT molecular complexity index is 282. The third-order valence-corrected chi connectivity index (χ3v) is 3.10. The van der Waals surface area contributed by atoms with E-state index >= 15 is 0 Å². The third kappa shape index (κ3) is 1.63. The summed E-state index contributed by atoms with van der Waals surface area (Å²) in [6, 6.07) is 0. The Balaban J connectivity index is 2.22. The van der Waals surface area contributed by atoms with Gasteiger partial charge in [0.15, 0.2) is 6.29 Å². The Labute approximate surface area is 83.7 Å². The molecule has 3 nitrogen and oxygen atoms in total. The second-order valence-electron chi connectivity index (χ2n) is 4.19. The van der Waals surface area contributed by atoms with Crippen molar-refractivity contribution < 1.29 is 14.9 Å². The molecule has 1 fully saturated rings. The Kier molecular flexibility index (Phi) is 2.47. The second-order valence-corrected chi connectivity index (χ2v) is 4.19. The Morgan fingerprint density at radius 3 is 2.93 bits per heavy atom. The molecule has 78 valence electrons. The van der Waals surface area contributed by atoms with Gasteiger partial charge in [-0.15, -0.1) is 0 Å². The van der Waals surface area contributed by atoms with E-state index in [0.717, 1.165) is 11.1 Å². The summed E-state index contributed by atoms with van der Waals surface area (Å²) in [7, 11) is 0. The molecule has 1 aliphatic carbocycles. The molecule has 0 spiro atoms. The topological polar surface area (TPSA) is 49.7 Å². The van der Waals surface area contributed by atoms with Crippen LogP contribution in [0, 0.1) is 5.92 Å². The summed E-state index contributed by atoms with van der Waals surface area (Å²) >= 11 is 0. The number of aliphatic hydroxyl groups is 2. The highest BCUT2D eigenvalue weighted by molar-refractivity contribution is 5.21. The zero-order valence-corrected chi connectivity index (χ0v) is 8.31. The van der Waals surface area contributed by atoms with Crippen LogP contribution in [0.2, 0.25) is 0 Å². The van der Waals surface area contributed by atoms with E-state index in [4.69, 9.17) is 4.74 Å². The van der Waals surface area contributed by atoms with Crippen LogP contribution in [-0.2, 0) is 4.74 Å². The van der Waals surface area contributed by atoms with E-state index in [0.29, 0.717) is 12.8 Å². The summed E-state index contributed by atoms with van der Waals surface area (Å²) in [5.74, 6) is 0.164. The van der Waals surface area contributed by atoms with Crippen LogP contribution in [0.4, 0.5) is 0 Å². The van der Waals surface area contributed by atoms with E-state index in [9.17, 15) is 10.2 Å². The molecule has 14 heavy (non-hydrogen) atoms. The van der Waals surface area contributed by atoms with Crippen LogP contribution in [0.5, 0.6) is 0 Å². The quantitative estimate of drug-likeness (QED) is 0.568. The van der Waals surface area contributed by atoms with Crippen LogP contribution in [0.15, 0.2) is 23.8 Å². The van der Waals surface area contributed by atoms with Gasteiger partial charge < -0.3 is 14.9 Å². The first-order chi connectivity index (χ1) is 6.58. The molecule has 1 saturated heterocycles. The van der Waals surface area contributed by atoms with E-state index in [1.165, 1.54) is 0 Å². The minimum absolute atomic E-state index is 0.102. The molecule has 2 aliphatic rings. The van der Waals surface area contributed by atoms with Crippen molar-refractivity contribution in [1.82, 2.24) is 0 Å². The smallest absolute Gasteiger partial charge is 0.159 e. The molecule has 2 N–H and O–H groups in total. The lowest BCUT2D eigenvalue weighted by atomic mass is 9.79. The summed E-state index contributed by atoms with van der Waals surface area (Å²) in [5.41, 5.74) is 1.91. The van der Waals surface area contributed by atoms with E-state index in [-0.39, 0.29) is 18.1 Å². The molecule has 0 radical (unpaired) electrons. The Morgan fingerprint density at radius 1 is 1.50 bits per heavy atom. The van der Waals surface area contributed by atoms with E-state index in [2.05, 4.69) is 6.58 Å². The van der Waals surface area contributed by atoms with Crippen LogP contribution in [0.3, 0.4) is 0 Å². The van der Waals surface area contributed by atoms with Gasteiger partial charge in [-0.2, -0.15) is 0 Å². The van der Waals surface area contributed by atoms with Crippen molar-refractivity contribution >= 4 is 0 Å². The molecule has 2 rings (SSSR count). The van der Waals surface area contributed by atoms with Crippen LogP contribution in [0.25, 0.3) is 0 Å². The van der Waals surface area contributed by atoms with Crippen LogP contribution in [-0.4, -0.2) is 28.7 Å². The molecule has 0 aromatic rings. The molecule has 3 heteroatoms. The number of aliphatic hydroxyl groups excluding tert-OH is 2. The summed E-state index contributed by atoms with van der Waals surface area (Å²) in [4.78, 5) is 0. The largest absolute Gasteiger partial charge is 0.389 e. The molecule has 4 unspecified atom stereocenters. The maximum Gasteiger partial charge on any atom is 0.159 e. The number of hydrogen-bond donors (Lipinski definition) is 2. The van der Waals surface area contributed by atoms with Crippen LogP contribution in [0.1, 0.15) is 19.8 Å². The molecule has 0 aromatic heterocycles. The predicted molar refractivity (Wildman–Crippen MR) is 52.5 cm³/mol. The Hall–Kier alpha value is -0.640. The zero-order chi connectivity index (χ0) is 10.3. The molecule has 1 aliphatic heterocycles. The van der Waals surface area contributed by atoms with Crippen molar-refractivity contribution in [3.05, 3.63) is 23.8 Å². The predicted octanol–water partition coefficient (Wildman–Crippen LogP) is 0.977. The minimum Gasteiger partial charge on any atom is -0.389 e. The first-order valence-electron chi connectivity index (χ1n) is 4.95.